The molecule has 2 rings (SSSR count). The van der Waals surface area contributed by atoms with Crippen LogP contribution in [0.2, 0.25) is 0 Å². The van der Waals surface area contributed by atoms with Gasteiger partial charge >= 0.3 is 15.6 Å². The van der Waals surface area contributed by atoms with Crippen LogP contribution in [-0.4, -0.2) is 13.9 Å². The van der Waals surface area contributed by atoms with Gasteiger partial charge in [0, 0.05) is 5.56 Å². The molecule has 0 aliphatic carbocycles. The molecule has 0 saturated heterocycles. The van der Waals surface area contributed by atoms with Crippen molar-refractivity contribution in [1.29, 1.82) is 0 Å². The van der Waals surface area contributed by atoms with Crippen LogP contribution >= 0.6 is 24.0 Å². The van der Waals surface area contributed by atoms with Crippen LogP contribution in [0.15, 0.2) is 48.5 Å². The molecule has 0 spiro atoms. The number of benzene rings is 2. The summed E-state index contributed by atoms with van der Waals surface area (Å²) in [5, 5.41) is 0. The fourth-order valence-corrected chi connectivity index (χ4v) is 2.23. The molecule has 0 bridgehead atoms. The predicted molar refractivity (Wildman–Crippen MR) is 87.6 cm³/mol. The molecule has 0 fully saturated rings. The van der Waals surface area contributed by atoms with Crippen molar-refractivity contribution in [2.24, 2.45) is 0 Å². The van der Waals surface area contributed by atoms with Gasteiger partial charge in [0.25, 0.3) is 0 Å². The molecular weight excluding hydrogens is 432 g/mol. The molecule has 2 aromatic carbocycles. The molecule has 0 unspecified atom stereocenters. The van der Waals surface area contributed by atoms with E-state index in [-0.39, 0.29) is 35.3 Å². The van der Waals surface area contributed by atoms with Gasteiger partial charge in [-0.2, -0.15) is 21.6 Å². The number of halogens is 4. The third-order valence-electron chi connectivity index (χ3n) is 2.70. The molecule has 22 heavy (non-hydrogen) atoms. The molecule has 0 radical (unpaired) electrons. The lowest BCUT2D eigenvalue weighted by atomic mass is 10.0. The fourth-order valence-electron chi connectivity index (χ4n) is 1.76. The van der Waals surface area contributed by atoms with Crippen LogP contribution in [0.1, 0.15) is 5.56 Å². The number of aryl methyl sites for hydroxylation is 1. The van der Waals surface area contributed by atoms with Gasteiger partial charge in [0.2, 0.25) is 0 Å². The van der Waals surface area contributed by atoms with Gasteiger partial charge in [-0.25, -0.2) is 0 Å². The molecule has 0 heterocycles. The first kappa shape index (κ1) is 18.8. The Morgan fingerprint density at radius 2 is 1.64 bits per heavy atom. The summed E-state index contributed by atoms with van der Waals surface area (Å²) >= 11 is 0. The Balaban J connectivity index is 0.00000242. The van der Waals surface area contributed by atoms with Gasteiger partial charge in [0.05, 0.1) is 0 Å². The lowest BCUT2D eigenvalue weighted by molar-refractivity contribution is -0.0499. The van der Waals surface area contributed by atoms with E-state index in [4.69, 9.17) is 0 Å². The van der Waals surface area contributed by atoms with E-state index in [9.17, 15) is 21.6 Å². The van der Waals surface area contributed by atoms with Gasteiger partial charge < -0.3 is 4.18 Å². The van der Waals surface area contributed by atoms with Crippen molar-refractivity contribution < 1.29 is 25.8 Å². The van der Waals surface area contributed by atoms with E-state index in [1.54, 1.807) is 24.3 Å². The maximum absolute atomic E-state index is 12.4. The van der Waals surface area contributed by atoms with Crippen molar-refractivity contribution in [1.82, 2.24) is 0 Å². The first-order chi connectivity index (χ1) is 9.71. The smallest absolute Gasteiger partial charge is 0.375 e. The Labute approximate surface area is 143 Å². The van der Waals surface area contributed by atoms with E-state index >= 15 is 0 Å². The topological polar surface area (TPSA) is 43.4 Å². The highest BCUT2D eigenvalue weighted by Crippen LogP contribution is 2.34. The summed E-state index contributed by atoms with van der Waals surface area (Å²) in [6.07, 6.45) is 0. The van der Waals surface area contributed by atoms with E-state index in [2.05, 4.69) is 4.18 Å². The molecule has 8 heteroatoms. The first-order valence-electron chi connectivity index (χ1n) is 5.87. The monoisotopic (exact) mass is 444 g/mol. The quantitative estimate of drug-likeness (QED) is 0.398. The van der Waals surface area contributed by atoms with E-state index in [0.717, 1.165) is 5.56 Å². The fraction of sp³-hybridized carbons (Fsp3) is 0.143. The number of alkyl halides is 3. The summed E-state index contributed by atoms with van der Waals surface area (Å²) in [7, 11) is -5.69. The molecule has 0 atom stereocenters. The molecule has 0 aromatic heterocycles. The molecule has 0 N–H and O–H groups in total. The summed E-state index contributed by atoms with van der Waals surface area (Å²) in [6, 6.07) is 12.6. The van der Waals surface area contributed by atoms with Crippen LogP contribution in [0.5, 0.6) is 5.75 Å². The maximum Gasteiger partial charge on any atom is 0.534 e. The van der Waals surface area contributed by atoms with Gasteiger partial charge in [0.1, 0.15) is 0 Å². The minimum absolute atomic E-state index is 0. The number of para-hydroxylation sites is 1. The third kappa shape index (κ3) is 4.13. The van der Waals surface area contributed by atoms with Gasteiger partial charge in [-0.15, -0.1) is 24.0 Å². The van der Waals surface area contributed by atoms with Gasteiger partial charge in [-0.3, -0.25) is 0 Å². The minimum Gasteiger partial charge on any atom is -0.375 e. The summed E-state index contributed by atoms with van der Waals surface area (Å²) in [5.74, 6) is -0.361. The zero-order valence-corrected chi connectivity index (χ0v) is 14.4. The van der Waals surface area contributed by atoms with E-state index in [1.165, 1.54) is 18.2 Å². The summed E-state index contributed by atoms with van der Waals surface area (Å²) in [4.78, 5) is 0. The highest BCUT2D eigenvalue weighted by Gasteiger charge is 2.48. The highest BCUT2D eigenvalue weighted by atomic mass is 127. The zero-order valence-electron chi connectivity index (χ0n) is 11.3. The van der Waals surface area contributed by atoms with Crippen LogP contribution in [-0.2, 0) is 10.1 Å². The second-order valence-electron chi connectivity index (χ2n) is 4.35. The van der Waals surface area contributed by atoms with Crippen molar-refractivity contribution in [3.63, 3.8) is 0 Å². The molecule has 0 amide bonds. The Bertz CT molecular complexity index is 758. The van der Waals surface area contributed by atoms with Crippen molar-refractivity contribution in [3.05, 3.63) is 54.1 Å². The van der Waals surface area contributed by atoms with Gasteiger partial charge in [-0.05, 0) is 18.6 Å². The second-order valence-corrected chi connectivity index (χ2v) is 5.89. The van der Waals surface area contributed by atoms with Crippen LogP contribution in [0, 0.1) is 6.92 Å². The minimum atomic E-state index is -5.69. The lowest BCUT2D eigenvalue weighted by Crippen LogP contribution is -2.28. The molecule has 120 valence electrons. The van der Waals surface area contributed by atoms with E-state index in [0.29, 0.717) is 5.56 Å². The molecule has 3 nitrogen and oxygen atoms in total. The van der Waals surface area contributed by atoms with E-state index < -0.39 is 15.6 Å². The average Bonchev–Trinajstić information content (AvgIpc) is 2.37. The molecule has 2 aromatic rings. The summed E-state index contributed by atoms with van der Waals surface area (Å²) < 4.78 is 63.7. The Morgan fingerprint density at radius 3 is 2.23 bits per heavy atom. The van der Waals surface area contributed by atoms with Crippen molar-refractivity contribution in [3.8, 4) is 16.9 Å². The standard InChI is InChI=1S/C14H11F3O3S.HI/c1-10-5-4-6-11(9-10)12-7-2-3-8-13(12)20-21(18,19)14(15,16)17;/h2-9H,1H3;1H. The van der Waals surface area contributed by atoms with Crippen molar-refractivity contribution >= 4 is 34.1 Å². The zero-order chi connectivity index (χ0) is 15.7. The summed E-state index contributed by atoms with van der Waals surface area (Å²) in [6.45, 7) is 1.82. The lowest BCUT2D eigenvalue weighted by Gasteiger charge is -2.13. The summed E-state index contributed by atoms with van der Waals surface area (Å²) in [5.41, 5.74) is -3.73. The van der Waals surface area contributed by atoms with Crippen molar-refractivity contribution in [2.75, 3.05) is 0 Å². The van der Waals surface area contributed by atoms with Gasteiger partial charge in [0.15, 0.2) is 5.75 Å². The average molecular weight is 444 g/mol. The predicted octanol–water partition coefficient (Wildman–Crippen LogP) is 4.51. The maximum atomic E-state index is 12.4. The van der Waals surface area contributed by atoms with Crippen LogP contribution in [0.4, 0.5) is 13.2 Å². The second kappa shape index (κ2) is 6.86. The van der Waals surface area contributed by atoms with Crippen LogP contribution in [0.3, 0.4) is 0 Å². The number of hydrogen-bond acceptors (Lipinski definition) is 3. The Hall–Kier alpha value is -1.29. The Morgan fingerprint density at radius 1 is 1.00 bits per heavy atom. The molecule has 0 aliphatic heterocycles. The van der Waals surface area contributed by atoms with Crippen LogP contribution < -0.4 is 4.18 Å². The normalized spacial score (nSPS) is 11.6. The van der Waals surface area contributed by atoms with Crippen LogP contribution in [0.25, 0.3) is 11.1 Å². The van der Waals surface area contributed by atoms with E-state index in [1.807, 2.05) is 13.0 Å². The number of hydrogen-bond donors (Lipinski definition) is 0. The molecular formula is C14H12F3IO3S. The third-order valence-corrected chi connectivity index (χ3v) is 3.67. The largest absolute Gasteiger partial charge is 0.534 e. The molecule has 0 saturated carbocycles. The molecule has 0 aliphatic rings. The Kier molecular flexibility index (Phi) is 5.85. The highest BCUT2D eigenvalue weighted by molar-refractivity contribution is 14.0. The van der Waals surface area contributed by atoms with Crippen molar-refractivity contribution in [2.45, 2.75) is 12.4 Å². The first-order valence-corrected chi connectivity index (χ1v) is 7.28. The SMILES string of the molecule is Cc1cccc(-c2ccccc2OS(=O)(=O)C(F)(F)F)c1.I. The van der Waals surface area contributed by atoms with Gasteiger partial charge in [-0.1, -0.05) is 48.0 Å². The number of rotatable bonds is 3.